The average molecular weight is 498 g/mol. The van der Waals surface area contributed by atoms with Crippen LogP contribution in [0.4, 0.5) is 10.1 Å². The molecule has 6 nitrogen and oxygen atoms in total. The van der Waals surface area contributed by atoms with Gasteiger partial charge in [-0.25, -0.2) is 4.39 Å². The van der Waals surface area contributed by atoms with Gasteiger partial charge in [-0.15, -0.1) is 0 Å². The van der Waals surface area contributed by atoms with E-state index in [9.17, 15) is 18.8 Å². The fourth-order valence-corrected chi connectivity index (χ4v) is 4.09. The van der Waals surface area contributed by atoms with Gasteiger partial charge in [-0.1, -0.05) is 55.5 Å². The van der Waals surface area contributed by atoms with E-state index in [-0.39, 0.29) is 29.5 Å². The van der Waals surface area contributed by atoms with Gasteiger partial charge < -0.3 is 15.2 Å². The van der Waals surface area contributed by atoms with E-state index in [1.807, 2.05) is 43.3 Å². The summed E-state index contributed by atoms with van der Waals surface area (Å²) >= 11 is 0. The highest BCUT2D eigenvalue weighted by Crippen LogP contribution is 2.21. The van der Waals surface area contributed by atoms with E-state index in [2.05, 4.69) is 10.6 Å². The molecule has 0 spiro atoms. The van der Waals surface area contributed by atoms with E-state index in [0.717, 1.165) is 11.1 Å². The lowest BCUT2D eigenvalue weighted by Crippen LogP contribution is -2.39. The van der Waals surface area contributed by atoms with Crippen molar-refractivity contribution in [2.24, 2.45) is 0 Å². The molecule has 3 aromatic carbocycles. The number of hydrogen-bond acceptors (Lipinski definition) is 4. The monoisotopic (exact) mass is 497 g/mol. The predicted octanol–water partition coefficient (Wildman–Crippen LogP) is 4.87. The first kappa shape index (κ1) is 25.7. The van der Waals surface area contributed by atoms with Crippen molar-refractivity contribution in [2.45, 2.75) is 26.4 Å². The minimum Gasteiger partial charge on any atom is -0.320 e. The molecule has 0 radical (unpaired) electrons. The van der Waals surface area contributed by atoms with Gasteiger partial charge in [0.25, 0.3) is 5.56 Å². The minimum absolute atomic E-state index is 0.174. The van der Waals surface area contributed by atoms with Crippen LogP contribution in [0.5, 0.6) is 0 Å². The molecule has 0 aliphatic heterocycles. The first-order valence-corrected chi connectivity index (χ1v) is 12.1. The van der Waals surface area contributed by atoms with Crippen molar-refractivity contribution in [3.8, 4) is 11.3 Å². The van der Waals surface area contributed by atoms with Gasteiger partial charge in [-0.05, 0) is 67.1 Å². The lowest BCUT2D eigenvalue weighted by molar-refractivity contribution is -0.117. The van der Waals surface area contributed by atoms with Crippen LogP contribution < -0.4 is 16.2 Å². The van der Waals surface area contributed by atoms with Crippen LogP contribution in [0.3, 0.4) is 0 Å². The van der Waals surface area contributed by atoms with Crippen molar-refractivity contribution in [2.75, 3.05) is 11.9 Å². The Labute approximate surface area is 214 Å². The molecule has 1 amide bonds. The third-order valence-corrected chi connectivity index (χ3v) is 6.04. The van der Waals surface area contributed by atoms with Gasteiger partial charge in [0.05, 0.1) is 18.3 Å². The zero-order valence-electron chi connectivity index (χ0n) is 20.7. The standard InChI is InChI=1S/C30H28FN3O3/c1-3-32-20(2)29(36)33-26-16-17-27(22-9-5-4-6-10-22)34(30(26)37)19-21-8-7-11-24(18-21)28(35)23-12-14-25(31)15-13-23/h4-18,20,32H,3,19H2,1-2H3,(H,33,36)/t20-/m0/s1. The van der Waals surface area contributed by atoms with Crippen LogP contribution >= 0.6 is 0 Å². The summed E-state index contributed by atoms with van der Waals surface area (Å²) in [7, 11) is 0. The molecule has 0 saturated heterocycles. The SMILES string of the molecule is CCN[C@@H](C)C(=O)Nc1ccc(-c2ccccc2)n(Cc2cccc(C(=O)c3ccc(F)cc3)c2)c1=O. The Morgan fingerprint density at radius 3 is 2.32 bits per heavy atom. The summed E-state index contributed by atoms with van der Waals surface area (Å²) in [5.41, 5.74) is 2.89. The van der Waals surface area contributed by atoms with Crippen LogP contribution in [-0.4, -0.2) is 28.8 Å². The van der Waals surface area contributed by atoms with Gasteiger partial charge in [-0.3, -0.25) is 14.4 Å². The average Bonchev–Trinajstić information content (AvgIpc) is 2.91. The lowest BCUT2D eigenvalue weighted by Gasteiger charge is -2.17. The summed E-state index contributed by atoms with van der Waals surface area (Å²) in [6.45, 7) is 4.44. The molecule has 0 bridgehead atoms. The van der Waals surface area contributed by atoms with Crippen LogP contribution in [0.2, 0.25) is 0 Å². The molecule has 0 saturated carbocycles. The Morgan fingerprint density at radius 2 is 1.62 bits per heavy atom. The number of likely N-dealkylation sites (N-methyl/N-ethyl adjacent to an activating group) is 1. The van der Waals surface area contributed by atoms with E-state index in [1.165, 1.54) is 24.3 Å². The number of hydrogen-bond donors (Lipinski definition) is 2. The highest BCUT2D eigenvalue weighted by Gasteiger charge is 2.17. The Bertz CT molecular complexity index is 1460. The molecule has 0 unspecified atom stereocenters. The molecular formula is C30H28FN3O3. The Morgan fingerprint density at radius 1 is 0.892 bits per heavy atom. The first-order chi connectivity index (χ1) is 17.9. The number of pyridine rings is 1. The van der Waals surface area contributed by atoms with Crippen LogP contribution in [0.1, 0.15) is 35.3 Å². The van der Waals surface area contributed by atoms with E-state index >= 15 is 0 Å². The topological polar surface area (TPSA) is 80.2 Å². The second-order valence-corrected chi connectivity index (χ2v) is 8.69. The van der Waals surface area contributed by atoms with Gasteiger partial charge in [0.2, 0.25) is 5.91 Å². The molecule has 0 fully saturated rings. The molecule has 4 rings (SSSR count). The summed E-state index contributed by atoms with van der Waals surface area (Å²) in [6, 6.07) is 24.9. The van der Waals surface area contributed by atoms with Crippen molar-refractivity contribution in [1.29, 1.82) is 0 Å². The molecule has 0 aliphatic carbocycles. The lowest BCUT2D eigenvalue weighted by atomic mass is 10.0. The van der Waals surface area contributed by atoms with Crippen molar-refractivity contribution in [3.63, 3.8) is 0 Å². The molecule has 7 heteroatoms. The molecule has 4 aromatic rings. The Hall–Kier alpha value is -4.36. The highest BCUT2D eigenvalue weighted by atomic mass is 19.1. The number of halogens is 1. The zero-order valence-corrected chi connectivity index (χ0v) is 20.7. The van der Waals surface area contributed by atoms with Crippen molar-refractivity contribution in [3.05, 3.63) is 124 Å². The number of carbonyl (C=O) groups excluding carboxylic acids is 2. The van der Waals surface area contributed by atoms with Crippen molar-refractivity contribution >= 4 is 17.4 Å². The third kappa shape index (κ3) is 6.08. The number of nitrogens with zero attached hydrogens (tertiary/aromatic N) is 1. The normalized spacial score (nSPS) is 11.6. The zero-order chi connectivity index (χ0) is 26.4. The molecule has 1 heterocycles. The third-order valence-electron chi connectivity index (χ3n) is 6.04. The number of rotatable bonds is 9. The molecule has 0 aliphatic rings. The van der Waals surface area contributed by atoms with Crippen LogP contribution in [-0.2, 0) is 11.3 Å². The molecule has 188 valence electrons. The van der Waals surface area contributed by atoms with Crippen molar-refractivity contribution < 1.29 is 14.0 Å². The Kier molecular flexibility index (Phi) is 8.05. The van der Waals surface area contributed by atoms with Gasteiger partial charge >= 0.3 is 0 Å². The van der Waals surface area contributed by atoms with Crippen LogP contribution in [0.25, 0.3) is 11.3 Å². The highest BCUT2D eigenvalue weighted by molar-refractivity contribution is 6.09. The van der Waals surface area contributed by atoms with E-state index < -0.39 is 11.9 Å². The summed E-state index contributed by atoms with van der Waals surface area (Å²) in [6.07, 6.45) is 0. The summed E-state index contributed by atoms with van der Waals surface area (Å²) < 4.78 is 14.9. The number of amides is 1. The molecule has 1 atom stereocenters. The van der Waals surface area contributed by atoms with Gasteiger partial charge in [0, 0.05) is 11.1 Å². The van der Waals surface area contributed by atoms with Crippen molar-refractivity contribution in [1.82, 2.24) is 9.88 Å². The predicted molar refractivity (Wildman–Crippen MR) is 143 cm³/mol. The van der Waals surface area contributed by atoms with Gasteiger partial charge in [-0.2, -0.15) is 0 Å². The number of aromatic nitrogens is 1. The fourth-order valence-electron chi connectivity index (χ4n) is 4.09. The molecule has 2 N–H and O–H groups in total. The van der Waals surface area contributed by atoms with E-state index in [1.54, 1.807) is 41.8 Å². The maximum atomic E-state index is 13.6. The molecular weight excluding hydrogens is 469 g/mol. The quantitative estimate of drug-likeness (QED) is 0.324. The second-order valence-electron chi connectivity index (χ2n) is 8.69. The summed E-state index contributed by atoms with van der Waals surface area (Å²) in [5.74, 6) is -0.953. The number of ketones is 1. The fraction of sp³-hybridized carbons (Fsp3) is 0.167. The van der Waals surface area contributed by atoms with E-state index in [0.29, 0.717) is 23.4 Å². The minimum atomic E-state index is -0.458. The maximum Gasteiger partial charge on any atom is 0.275 e. The summed E-state index contributed by atoms with van der Waals surface area (Å²) in [5, 5.41) is 5.77. The number of carbonyl (C=O) groups is 2. The molecule has 1 aromatic heterocycles. The largest absolute Gasteiger partial charge is 0.320 e. The first-order valence-electron chi connectivity index (χ1n) is 12.1. The number of benzene rings is 3. The van der Waals surface area contributed by atoms with Crippen LogP contribution in [0.15, 0.2) is 95.8 Å². The maximum absolute atomic E-state index is 13.6. The second kappa shape index (κ2) is 11.6. The smallest absolute Gasteiger partial charge is 0.275 e. The molecule has 37 heavy (non-hydrogen) atoms. The number of nitrogens with one attached hydrogen (secondary N) is 2. The van der Waals surface area contributed by atoms with Crippen LogP contribution in [0, 0.1) is 5.82 Å². The van der Waals surface area contributed by atoms with Gasteiger partial charge in [0.15, 0.2) is 5.78 Å². The summed E-state index contributed by atoms with van der Waals surface area (Å²) in [4.78, 5) is 39.1. The van der Waals surface area contributed by atoms with E-state index in [4.69, 9.17) is 0 Å². The number of anilines is 1. The Balaban J connectivity index is 1.71. The van der Waals surface area contributed by atoms with Gasteiger partial charge in [0.1, 0.15) is 11.5 Å².